The van der Waals surface area contributed by atoms with Crippen LogP contribution in [0.2, 0.25) is 0 Å². The van der Waals surface area contributed by atoms with Crippen LogP contribution in [-0.2, 0) is 28.6 Å². The predicted octanol–water partition coefficient (Wildman–Crippen LogP) is 16.2. The fourth-order valence-electron chi connectivity index (χ4n) is 15.8. The van der Waals surface area contributed by atoms with E-state index in [1.54, 1.807) is 24.3 Å². The highest BCUT2D eigenvalue weighted by atomic mass is 16.6. The number of benzene rings is 1. The van der Waals surface area contributed by atoms with Gasteiger partial charge in [-0.1, -0.05) is 130 Å². The first kappa shape index (κ1) is 55.6. The quantitative estimate of drug-likeness (QED) is 0.0314. The molecule has 5 fully saturated rings. The lowest BCUT2D eigenvalue weighted by Gasteiger charge is -2.58. The number of rotatable bonds is 25. The van der Waals surface area contributed by atoms with Gasteiger partial charge in [0.2, 0.25) is 0 Å². The topological polar surface area (TPSA) is 105 Å². The van der Waals surface area contributed by atoms with Gasteiger partial charge in [0.1, 0.15) is 11.9 Å². The monoisotopic (exact) mass is 983 g/mol. The molecule has 0 N–H and O–H groups in total. The average Bonchev–Trinajstić information content (AvgIpc) is 3.73. The summed E-state index contributed by atoms with van der Waals surface area (Å²) in [5.74, 6) is 6.64. The molecule has 0 spiro atoms. The Morgan fingerprint density at radius 1 is 0.662 bits per heavy atom. The highest BCUT2D eigenvalue weighted by Gasteiger charge is 2.59. The van der Waals surface area contributed by atoms with Gasteiger partial charge in [0.05, 0.1) is 37.5 Å². The minimum atomic E-state index is -0.380. The number of ether oxygens (including phenoxy) is 4. The number of fused-ring (bicyclic) bond motifs is 5. The van der Waals surface area contributed by atoms with Gasteiger partial charge in [-0.05, 0) is 185 Å². The highest BCUT2D eigenvalue weighted by Crippen LogP contribution is 2.67. The maximum Gasteiger partial charge on any atom is 0.338 e. The summed E-state index contributed by atoms with van der Waals surface area (Å²) in [4.78, 5) is 51.1. The summed E-state index contributed by atoms with van der Waals surface area (Å²) in [5.41, 5.74) is 2.66. The van der Waals surface area contributed by atoms with Crippen LogP contribution in [0.25, 0.3) is 0 Å². The largest absolute Gasteiger partial charge is 0.466 e. The summed E-state index contributed by atoms with van der Waals surface area (Å²) in [7, 11) is 0. The molecule has 0 radical (unpaired) electrons. The Morgan fingerprint density at radius 2 is 1.34 bits per heavy atom. The normalized spacial score (nSPS) is 31.9. The van der Waals surface area contributed by atoms with Gasteiger partial charge in [-0.15, -0.1) is 0 Å². The van der Waals surface area contributed by atoms with E-state index in [2.05, 4.69) is 47.6 Å². The second-order valence-electron chi connectivity index (χ2n) is 25.1. The smallest absolute Gasteiger partial charge is 0.338 e. The zero-order valence-corrected chi connectivity index (χ0v) is 45.6. The molecular formula is C63H98O8. The first-order valence-corrected chi connectivity index (χ1v) is 29.8. The molecule has 1 aromatic rings. The molecule has 6 aliphatic carbocycles. The summed E-state index contributed by atoms with van der Waals surface area (Å²) >= 11 is 0. The van der Waals surface area contributed by atoms with Gasteiger partial charge in [0.15, 0.2) is 0 Å². The molecule has 8 atom stereocenters. The van der Waals surface area contributed by atoms with Crippen molar-refractivity contribution >= 4 is 23.9 Å². The lowest BCUT2D eigenvalue weighted by molar-refractivity contribution is -0.155. The molecule has 5 saturated carbocycles. The maximum absolute atomic E-state index is 13.0. The van der Waals surface area contributed by atoms with Crippen molar-refractivity contribution in [2.75, 3.05) is 13.2 Å². The Bertz CT molecular complexity index is 1870. The van der Waals surface area contributed by atoms with Crippen LogP contribution < -0.4 is 4.74 Å². The van der Waals surface area contributed by atoms with E-state index in [4.69, 9.17) is 18.9 Å². The lowest BCUT2D eigenvalue weighted by atomic mass is 9.47. The van der Waals surface area contributed by atoms with E-state index in [0.717, 1.165) is 130 Å². The van der Waals surface area contributed by atoms with Crippen LogP contribution in [0.4, 0.5) is 0 Å². The van der Waals surface area contributed by atoms with Gasteiger partial charge >= 0.3 is 23.9 Å². The number of allylic oxidation sites excluding steroid dienone is 1. The number of unbranched alkanes of at least 4 members (excludes halogenated alkanes) is 6. The van der Waals surface area contributed by atoms with Crippen LogP contribution in [0, 0.1) is 70.0 Å². The van der Waals surface area contributed by atoms with Crippen LogP contribution in [-0.4, -0.2) is 43.2 Å². The second kappa shape index (κ2) is 26.9. The molecule has 0 aromatic heterocycles. The van der Waals surface area contributed by atoms with Crippen LogP contribution in [0.5, 0.6) is 5.75 Å². The lowest BCUT2D eigenvalue weighted by Crippen LogP contribution is -2.51. The van der Waals surface area contributed by atoms with E-state index in [1.807, 2.05) is 0 Å². The third kappa shape index (κ3) is 15.0. The third-order valence-electron chi connectivity index (χ3n) is 20.1. The minimum Gasteiger partial charge on any atom is -0.466 e. The van der Waals surface area contributed by atoms with E-state index >= 15 is 0 Å². The van der Waals surface area contributed by atoms with Gasteiger partial charge in [-0.25, -0.2) is 4.79 Å². The van der Waals surface area contributed by atoms with Gasteiger partial charge < -0.3 is 18.9 Å². The fourth-order valence-corrected chi connectivity index (χ4v) is 15.8. The zero-order chi connectivity index (χ0) is 50.4. The molecule has 6 aliphatic rings. The molecule has 7 rings (SSSR count). The van der Waals surface area contributed by atoms with Crippen molar-refractivity contribution in [3.8, 4) is 5.75 Å². The Kier molecular flexibility index (Phi) is 21.0. The summed E-state index contributed by atoms with van der Waals surface area (Å²) in [6.07, 6.45) is 35.6. The number of hydrogen-bond donors (Lipinski definition) is 0. The van der Waals surface area contributed by atoms with Crippen molar-refractivity contribution in [3.63, 3.8) is 0 Å². The van der Waals surface area contributed by atoms with E-state index in [9.17, 15) is 19.2 Å². The van der Waals surface area contributed by atoms with Crippen molar-refractivity contribution in [1.82, 2.24) is 0 Å². The van der Waals surface area contributed by atoms with Gasteiger partial charge in [0, 0.05) is 6.42 Å². The number of hydrogen-bond acceptors (Lipinski definition) is 8. The van der Waals surface area contributed by atoms with E-state index in [1.165, 1.54) is 108 Å². The summed E-state index contributed by atoms with van der Waals surface area (Å²) in [5, 5.41) is 0. The fraction of sp³-hybridized carbons (Fsp3) is 0.810. The number of esters is 4. The third-order valence-corrected chi connectivity index (χ3v) is 20.1. The first-order valence-electron chi connectivity index (χ1n) is 29.8. The Hall–Kier alpha value is -3.16. The molecule has 0 bridgehead atoms. The molecule has 1 aromatic carbocycles. The van der Waals surface area contributed by atoms with E-state index in [-0.39, 0.29) is 54.2 Å². The Balaban J connectivity index is 0.692. The van der Waals surface area contributed by atoms with Crippen molar-refractivity contribution < 1.29 is 38.1 Å². The standard InChI is InChI=1S/C63H98O8/c1-7-8-12-18-46-19-21-47(22-20-46)48-23-25-50(26-24-48)61(67)71-52-30-27-49(28-31-52)60(66)69-42-14-11-9-10-13-41-68-58(64)35-36-59(65)70-53-37-39-62(5)51(43-53)29-32-54-56-34-33-55(45(4)17-15-16-44(2)3)63(56,6)40-38-57(54)62/h27-31,44-48,50,53-57H,7-26,32-43H2,1-6H3/t45?,46?,47?,48?,50?,53-,54?,55+,56?,57?,62-,63+/m0/s1. The summed E-state index contributed by atoms with van der Waals surface area (Å²) < 4.78 is 22.7. The molecule has 4 unspecified atom stereocenters. The van der Waals surface area contributed by atoms with Gasteiger partial charge in [-0.3, -0.25) is 14.4 Å². The van der Waals surface area contributed by atoms with Crippen molar-refractivity contribution in [2.45, 2.75) is 240 Å². The Labute approximate surface area is 431 Å². The molecule has 71 heavy (non-hydrogen) atoms. The highest BCUT2D eigenvalue weighted by molar-refractivity contribution is 5.89. The second-order valence-corrected chi connectivity index (χ2v) is 25.1. The van der Waals surface area contributed by atoms with Crippen molar-refractivity contribution in [3.05, 3.63) is 41.5 Å². The minimum absolute atomic E-state index is 0.0432. The molecular weight excluding hydrogens is 885 g/mol. The zero-order valence-electron chi connectivity index (χ0n) is 45.6. The molecule has 8 heteroatoms. The average molecular weight is 983 g/mol. The number of carbonyl (C=O) groups excluding carboxylic acids is 4. The molecule has 0 saturated heterocycles. The van der Waals surface area contributed by atoms with Crippen molar-refractivity contribution in [2.24, 2.45) is 70.0 Å². The molecule has 0 heterocycles. The SMILES string of the molecule is CCCCCC1CCC(C2CCC(C(=O)Oc3ccc(C(=O)OCCCCCCCOC(=O)CCC(=O)O[C@H]4CC[C@@]5(C)C(=CCC6C5CC[C@@]5(C)C6CC[C@@H]5C(C)CCCC(C)C)C4)cc3)CC2)CC1. The summed E-state index contributed by atoms with van der Waals surface area (Å²) in [6, 6.07) is 6.71. The molecule has 0 amide bonds. The summed E-state index contributed by atoms with van der Waals surface area (Å²) in [6.45, 7) is 15.4. The Morgan fingerprint density at radius 3 is 2.04 bits per heavy atom. The van der Waals surface area contributed by atoms with Gasteiger partial charge in [0.25, 0.3) is 0 Å². The maximum atomic E-state index is 13.0. The van der Waals surface area contributed by atoms with Crippen LogP contribution >= 0.6 is 0 Å². The van der Waals surface area contributed by atoms with Crippen LogP contribution in [0.1, 0.15) is 245 Å². The van der Waals surface area contributed by atoms with E-state index < -0.39 is 0 Å². The van der Waals surface area contributed by atoms with Crippen LogP contribution in [0.3, 0.4) is 0 Å². The number of carbonyl (C=O) groups is 4. The van der Waals surface area contributed by atoms with E-state index in [0.29, 0.717) is 29.9 Å². The molecule has 0 aliphatic heterocycles. The van der Waals surface area contributed by atoms with Crippen LogP contribution in [0.15, 0.2) is 35.9 Å². The first-order chi connectivity index (χ1) is 34.3. The predicted molar refractivity (Wildman–Crippen MR) is 284 cm³/mol. The van der Waals surface area contributed by atoms with Gasteiger partial charge in [-0.2, -0.15) is 0 Å². The van der Waals surface area contributed by atoms with Crippen molar-refractivity contribution in [1.29, 1.82) is 0 Å². The molecule has 8 nitrogen and oxygen atoms in total. The molecule has 398 valence electrons.